The Bertz CT molecular complexity index is 443. The lowest BCUT2D eigenvalue weighted by molar-refractivity contribution is -0.136. The Morgan fingerprint density at radius 2 is 1.85 bits per heavy atom. The van der Waals surface area contributed by atoms with Crippen LogP contribution in [0.2, 0.25) is 0 Å². The molecule has 1 aromatic rings. The molecule has 110 valence electrons. The summed E-state index contributed by atoms with van der Waals surface area (Å²) in [7, 11) is 0. The van der Waals surface area contributed by atoms with Crippen LogP contribution in [0.3, 0.4) is 0 Å². The summed E-state index contributed by atoms with van der Waals surface area (Å²) in [6.45, 7) is 3.93. The number of aryl methyl sites for hydroxylation is 1. The van der Waals surface area contributed by atoms with Gasteiger partial charge in [0.25, 0.3) is 0 Å². The van der Waals surface area contributed by atoms with Gasteiger partial charge in [-0.2, -0.15) is 0 Å². The second-order valence-electron chi connectivity index (χ2n) is 4.74. The van der Waals surface area contributed by atoms with Gasteiger partial charge in [-0.25, -0.2) is 0 Å². The highest BCUT2D eigenvalue weighted by atomic mass is 16.3. The molecule has 0 aromatic heterocycles. The first-order chi connectivity index (χ1) is 9.56. The molecule has 3 N–H and O–H groups in total. The highest BCUT2D eigenvalue weighted by molar-refractivity contribution is 6.39. The molecule has 0 saturated carbocycles. The van der Waals surface area contributed by atoms with Crippen LogP contribution in [0.5, 0.6) is 0 Å². The zero-order chi connectivity index (χ0) is 15.0. The number of carbonyl (C=O) groups is 2. The monoisotopic (exact) mass is 278 g/mol. The van der Waals surface area contributed by atoms with Gasteiger partial charge in [-0.1, -0.05) is 19.1 Å². The topological polar surface area (TPSA) is 78.4 Å². The fourth-order valence-electron chi connectivity index (χ4n) is 1.77. The first-order valence-electron chi connectivity index (χ1n) is 6.88. The van der Waals surface area contributed by atoms with Crippen LogP contribution in [-0.2, 0) is 16.0 Å². The third-order valence-electron chi connectivity index (χ3n) is 3.00. The van der Waals surface area contributed by atoms with Crippen molar-refractivity contribution >= 4 is 17.5 Å². The summed E-state index contributed by atoms with van der Waals surface area (Å²) in [5.74, 6) is -1.33. The van der Waals surface area contributed by atoms with Crippen LogP contribution in [-0.4, -0.2) is 29.6 Å². The van der Waals surface area contributed by atoms with Crippen molar-refractivity contribution in [3.63, 3.8) is 0 Å². The summed E-state index contributed by atoms with van der Waals surface area (Å²) in [4.78, 5) is 23.4. The van der Waals surface area contributed by atoms with E-state index in [1.165, 1.54) is 5.56 Å². The lowest BCUT2D eigenvalue weighted by Crippen LogP contribution is -2.40. The number of amides is 2. The van der Waals surface area contributed by atoms with Gasteiger partial charge < -0.3 is 15.7 Å². The summed E-state index contributed by atoms with van der Waals surface area (Å²) >= 11 is 0. The van der Waals surface area contributed by atoms with Crippen molar-refractivity contribution in [1.82, 2.24) is 5.32 Å². The number of hydrogen-bond acceptors (Lipinski definition) is 3. The Hall–Kier alpha value is -1.88. The van der Waals surface area contributed by atoms with E-state index in [1.807, 2.05) is 12.1 Å². The van der Waals surface area contributed by atoms with Crippen LogP contribution in [0, 0.1) is 0 Å². The van der Waals surface area contributed by atoms with E-state index < -0.39 is 11.8 Å². The molecule has 0 bridgehead atoms. The average Bonchev–Trinajstić information content (AvgIpc) is 2.45. The fourth-order valence-corrected chi connectivity index (χ4v) is 1.77. The van der Waals surface area contributed by atoms with Crippen LogP contribution in [0.25, 0.3) is 0 Å². The second-order valence-corrected chi connectivity index (χ2v) is 4.74. The summed E-state index contributed by atoms with van der Waals surface area (Å²) in [6, 6.07) is 7.25. The molecule has 20 heavy (non-hydrogen) atoms. The first-order valence-corrected chi connectivity index (χ1v) is 6.88. The summed E-state index contributed by atoms with van der Waals surface area (Å²) in [5, 5.41) is 13.9. The predicted molar refractivity (Wildman–Crippen MR) is 78.4 cm³/mol. The van der Waals surface area contributed by atoms with E-state index in [0.717, 1.165) is 6.42 Å². The fraction of sp³-hybridized carbons (Fsp3) is 0.467. The quantitative estimate of drug-likeness (QED) is 0.689. The smallest absolute Gasteiger partial charge is 0.313 e. The number of nitrogens with one attached hydrogen (secondary N) is 2. The molecule has 0 saturated heterocycles. The van der Waals surface area contributed by atoms with Crippen molar-refractivity contribution < 1.29 is 14.7 Å². The summed E-state index contributed by atoms with van der Waals surface area (Å²) in [5.41, 5.74) is 1.77. The van der Waals surface area contributed by atoms with Crippen LogP contribution in [0.4, 0.5) is 5.69 Å². The van der Waals surface area contributed by atoms with E-state index >= 15 is 0 Å². The summed E-state index contributed by atoms with van der Waals surface area (Å²) < 4.78 is 0. The lowest BCUT2D eigenvalue weighted by Gasteiger charge is -2.13. The van der Waals surface area contributed by atoms with Crippen LogP contribution < -0.4 is 10.6 Å². The molecule has 1 unspecified atom stereocenters. The van der Waals surface area contributed by atoms with E-state index in [-0.39, 0.29) is 12.6 Å². The van der Waals surface area contributed by atoms with Crippen molar-refractivity contribution in [3.8, 4) is 0 Å². The van der Waals surface area contributed by atoms with Gasteiger partial charge in [0.2, 0.25) is 0 Å². The number of aliphatic hydroxyl groups excluding tert-OH is 1. The molecule has 1 atom stereocenters. The van der Waals surface area contributed by atoms with Gasteiger partial charge in [0.05, 0.1) is 0 Å². The minimum atomic E-state index is -0.676. The highest BCUT2D eigenvalue weighted by Gasteiger charge is 2.15. The molecule has 0 aliphatic rings. The molecule has 5 heteroatoms. The maximum absolute atomic E-state index is 11.7. The van der Waals surface area contributed by atoms with Gasteiger partial charge in [-0.15, -0.1) is 0 Å². The van der Waals surface area contributed by atoms with E-state index in [9.17, 15) is 9.59 Å². The maximum Gasteiger partial charge on any atom is 0.313 e. The van der Waals surface area contributed by atoms with Crippen molar-refractivity contribution in [2.75, 3.05) is 11.9 Å². The highest BCUT2D eigenvalue weighted by Crippen LogP contribution is 2.09. The van der Waals surface area contributed by atoms with Crippen LogP contribution in [0.15, 0.2) is 24.3 Å². The molecule has 5 nitrogen and oxygen atoms in total. The van der Waals surface area contributed by atoms with E-state index in [4.69, 9.17) is 5.11 Å². The minimum Gasteiger partial charge on any atom is -0.396 e. The normalized spacial score (nSPS) is 11.8. The average molecular weight is 278 g/mol. The van der Waals surface area contributed by atoms with Gasteiger partial charge in [-0.05, 0) is 43.9 Å². The molecular weight excluding hydrogens is 256 g/mol. The van der Waals surface area contributed by atoms with Crippen LogP contribution >= 0.6 is 0 Å². The zero-order valence-corrected chi connectivity index (χ0v) is 12.0. The predicted octanol–water partition coefficient (Wildman–Crippen LogP) is 1.46. The van der Waals surface area contributed by atoms with Crippen molar-refractivity contribution in [1.29, 1.82) is 0 Å². The number of anilines is 1. The van der Waals surface area contributed by atoms with E-state index in [1.54, 1.807) is 19.1 Å². The van der Waals surface area contributed by atoms with E-state index in [2.05, 4.69) is 17.6 Å². The molecule has 0 spiro atoms. The standard InChI is InChI=1S/C15H22N2O3/c1-3-12-6-8-13(9-7-12)17-15(20)14(19)16-11(2)5-4-10-18/h6-9,11,18H,3-5,10H2,1-2H3,(H,16,19)(H,17,20). The zero-order valence-electron chi connectivity index (χ0n) is 12.0. The third kappa shape index (κ3) is 5.40. The van der Waals surface area contributed by atoms with Crippen molar-refractivity contribution in [2.24, 2.45) is 0 Å². The molecule has 1 aromatic carbocycles. The first kappa shape index (κ1) is 16.2. The Labute approximate surface area is 119 Å². The van der Waals surface area contributed by atoms with Gasteiger partial charge in [-0.3, -0.25) is 9.59 Å². The van der Waals surface area contributed by atoms with Crippen LogP contribution in [0.1, 0.15) is 32.3 Å². The molecule has 0 fully saturated rings. The Balaban J connectivity index is 2.46. The molecule has 1 rings (SSSR count). The minimum absolute atomic E-state index is 0.0795. The Kier molecular flexibility index (Phi) is 6.73. The number of hydrogen-bond donors (Lipinski definition) is 3. The van der Waals surface area contributed by atoms with Gasteiger partial charge in [0, 0.05) is 18.3 Å². The number of benzene rings is 1. The van der Waals surface area contributed by atoms with Gasteiger partial charge in [0.1, 0.15) is 0 Å². The van der Waals surface area contributed by atoms with Crippen molar-refractivity contribution in [2.45, 2.75) is 39.2 Å². The Morgan fingerprint density at radius 3 is 2.40 bits per heavy atom. The molecule has 0 aliphatic heterocycles. The van der Waals surface area contributed by atoms with Gasteiger partial charge >= 0.3 is 11.8 Å². The van der Waals surface area contributed by atoms with Crippen molar-refractivity contribution in [3.05, 3.63) is 29.8 Å². The SMILES string of the molecule is CCc1ccc(NC(=O)C(=O)NC(C)CCCO)cc1. The van der Waals surface area contributed by atoms with E-state index in [0.29, 0.717) is 18.5 Å². The maximum atomic E-state index is 11.7. The Morgan fingerprint density at radius 1 is 1.20 bits per heavy atom. The molecule has 0 heterocycles. The lowest BCUT2D eigenvalue weighted by atomic mass is 10.1. The molecular formula is C15H22N2O3. The third-order valence-corrected chi connectivity index (χ3v) is 3.00. The number of rotatable bonds is 6. The second kappa shape index (κ2) is 8.32. The molecule has 2 amide bonds. The summed E-state index contributed by atoms with van der Waals surface area (Å²) in [6.07, 6.45) is 2.17. The molecule has 0 radical (unpaired) electrons. The largest absolute Gasteiger partial charge is 0.396 e. The molecule has 0 aliphatic carbocycles. The number of carbonyl (C=O) groups excluding carboxylic acids is 2. The van der Waals surface area contributed by atoms with Gasteiger partial charge in [0.15, 0.2) is 0 Å². The number of aliphatic hydroxyl groups is 1.